The van der Waals surface area contributed by atoms with E-state index in [0.717, 1.165) is 39.4 Å². The van der Waals surface area contributed by atoms with Crippen LogP contribution in [0.5, 0.6) is 17.2 Å². The predicted molar refractivity (Wildman–Crippen MR) is 338 cm³/mol. The monoisotopic (exact) mass is 1270 g/mol. The number of nitrogens with one attached hydrogen (secondary N) is 3. The third-order valence-corrected chi connectivity index (χ3v) is 19.2. The fraction of sp³-hybridized carbons (Fsp3) is 0.357. The molecule has 3 aromatic rings. The van der Waals surface area contributed by atoms with Crippen LogP contribution in [0, 0.1) is 17.8 Å². The first-order chi connectivity index (χ1) is 44.4. The van der Waals surface area contributed by atoms with Crippen LogP contribution in [-0.4, -0.2) is 134 Å². The van der Waals surface area contributed by atoms with Crippen LogP contribution in [0.2, 0.25) is 0 Å². The number of nitrogens with zero attached hydrogens (tertiary/aromatic N) is 3. The number of phenolic OH excluding ortho intramolecular Hbond substituents is 2. The second-order valence-corrected chi connectivity index (χ2v) is 24.5. The molecular weight excluding hydrogens is 1200 g/mol. The Bertz CT molecular complexity index is 4250. The van der Waals surface area contributed by atoms with Crippen molar-refractivity contribution in [1.82, 2.24) is 10.6 Å². The molecule has 6 heterocycles. The maximum atomic E-state index is 14.1. The highest BCUT2D eigenvalue weighted by Crippen LogP contribution is 2.54. The van der Waals surface area contributed by atoms with E-state index in [2.05, 4.69) is 29.5 Å². The molecule has 6 aliphatic heterocycles. The minimum atomic E-state index is -2.41. The maximum absolute atomic E-state index is 14.1. The number of ketones is 3. The average Bonchev–Trinajstić information content (AvgIpc) is 1.16. The zero-order valence-corrected chi connectivity index (χ0v) is 52.3. The Hall–Kier alpha value is -9.65. The fourth-order valence-electron chi connectivity index (χ4n) is 14.2. The number of amides is 2. The van der Waals surface area contributed by atoms with Crippen LogP contribution in [0.25, 0.3) is 0 Å². The summed E-state index contributed by atoms with van der Waals surface area (Å²) in [6, 6.07) is 9.79. The summed E-state index contributed by atoms with van der Waals surface area (Å²) in [5.74, 6) is -7.29. The van der Waals surface area contributed by atoms with Crippen LogP contribution in [0.1, 0.15) is 128 Å². The highest BCUT2D eigenvalue weighted by molar-refractivity contribution is 6.31. The number of allylic oxidation sites excluding steroid dienone is 11. The van der Waals surface area contributed by atoms with E-state index in [-0.39, 0.29) is 65.0 Å². The largest absolute Gasteiger partial charge is 0.510 e. The first kappa shape index (κ1) is 63.5. The summed E-state index contributed by atoms with van der Waals surface area (Å²) in [6.07, 6.45) is 0.942. The number of phenols is 2. The van der Waals surface area contributed by atoms with Gasteiger partial charge in [0.2, 0.25) is 11.7 Å². The molecule has 93 heavy (non-hydrogen) atoms. The number of rotatable bonds is 15. The summed E-state index contributed by atoms with van der Waals surface area (Å²) in [7, 11) is 2.56. The van der Waals surface area contributed by atoms with Gasteiger partial charge < -0.3 is 70.3 Å². The number of benzene rings is 3. The minimum Gasteiger partial charge on any atom is -0.510 e. The predicted octanol–water partition coefficient (Wildman–Crippen LogP) is 7.94. The molecule has 9 aliphatic rings. The van der Waals surface area contributed by atoms with Gasteiger partial charge in [0.25, 0.3) is 0 Å². The number of fused-ring (bicyclic) bond motifs is 8. The van der Waals surface area contributed by atoms with Gasteiger partial charge in [-0.05, 0) is 105 Å². The van der Waals surface area contributed by atoms with Crippen LogP contribution in [0.3, 0.4) is 0 Å². The van der Waals surface area contributed by atoms with Crippen molar-refractivity contribution in [3.63, 3.8) is 0 Å². The molecule has 482 valence electrons. The molecule has 0 radical (unpaired) electrons. The number of aliphatic hydroxyl groups excluding tert-OH is 3. The summed E-state index contributed by atoms with van der Waals surface area (Å²) >= 11 is 0. The quantitative estimate of drug-likeness (QED) is 0.0403. The number of anilines is 1. The fourth-order valence-corrected chi connectivity index (χ4v) is 14.2. The maximum Gasteiger partial charge on any atom is 0.407 e. The van der Waals surface area contributed by atoms with Crippen LogP contribution in [0.15, 0.2) is 162 Å². The number of hydrogen-bond donors (Lipinski definition) is 9. The second-order valence-electron chi connectivity index (χ2n) is 24.5. The summed E-state index contributed by atoms with van der Waals surface area (Å²) in [6.45, 7) is 14.2. The zero-order valence-electron chi connectivity index (χ0n) is 52.3. The lowest BCUT2D eigenvalue weighted by atomic mass is 9.72. The topological polar surface area (TPSA) is 343 Å². The Balaban J connectivity index is 0.729. The molecule has 0 spiro atoms. The number of aliphatic hydroxyl groups is 4. The van der Waals surface area contributed by atoms with E-state index >= 15 is 0 Å². The van der Waals surface area contributed by atoms with E-state index in [1.54, 1.807) is 30.3 Å². The molecule has 3 aromatic carbocycles. The van der Waals surface area contributed by atoms with Crippen molar-refractivity contribution in [2.24, 2.45) is 32.7 Å². The van der Waals surface area contributed by atoms with Gasteiger partial charge in [-0.15, -0.1) is 0 Å². The van der Waals surface area contributed by atoms with Crippen LogP contribution in [0.4, 0.5) is 10.5 Å². The van der Waals surface area contributed by atoms with Gasteiger partial charge in [-0.3, -0.25) is 24.0 Å². The number of methoxy groups -OCH3 is 2. The Morgan fingerprint density at radius 1 is 0.892 bits per heavy atom. The molecule has 3 aliphatic carbocycles. The molecule has 0 aromatic heterocycles. The van der Waals surface area contributed by atoms with Crippen molar-refractivity contribution in [1.29, 1.82) is 0 Å². The number of esters is 1. The summed E-state index contributed by atoms with van der Waals surface area (Å²) in [5, 5.41) is 77.9. The third kappa shape index (κ3) is 10.8. The van der Waals surface area contributed by atoms with Gasteiger partial charge in [-0.25, -0.2) is 19.8 Å². The number of Topliss-reactive ketones (excluding diaryl/α,β-unsaturated/α-hetero) is 1. The van der Waals surface area contributed by atoms with Gasteiger partial charge in [0, 0.05) is 88.0 Å². The van der Waals surface area contributed by atoms with E-state index < -0.39 is 120 Å². The second kappa shape index (κ2) is 24.4. The highest BCUT2D eigenvalue weighted by Gasteiger charge is 2.52. The zero-order chi connectivity index (χ0) is 66.4. The number of aromatic hydroxyl groups is 2. The van der Waals surface area contributed by atoms with E-state index in [1.165, 1.54) is 39.3 Å². The van der Waals surface area contributed by atoms with Crippen molar-refractivity contribution in [3.8, 4) is 17.2 Å². The van der Waals surface area contributed by atoms with Gasteiger partial charge >= 0.3 is 12.1 Å². The van der Waals surface area contributed by atoms with Gasteiger partial charge in [0.15, 0.2) is 17.9 Å². The third-order valence-electron chi connectivity index (χ3n) is 19.2. The number of hydrogen-bond acceptors (Lipinski definition) is 21. The summed E-state index contributed by atoms with van der Waals surface area (Å²) < 4.78 is 28.6. The molecule has 0 unspecified atom stereocenters. The Morgan fingerprint density at radius 2 is 1.61 bits per heavy atom. The van der Waals surface area contributed by atoms with Gasteiger partial charge in [0.05, 0.1) is 83.4 Å². The number of alkyl carbamates (subject to hydrolysis) is 1. The van der Waals surface area contributed by atoms with E-state index in [0.29, 0.717) is 69.3 Å². The molecule has 2 fully saturated rings. The first-order valence-electron chi connectivity index (χ1n) is 30.7. The number of aliphatic imine (C=N–C) groups is 3. The minimum absolute atomic E-state index is 0.0331. The van der Waals surface area contributed by atoms with Crippen molar-refractivity contribution in [2.45, 2.75) is 123 Å². The Kier molecular flexibility index (Phi) is 16.7. The van der Waals surface area contributed by atoms with Gasteiger partial charge in [-0.1, -0.05) is 50.8 Å². The van der Waals surface area contributed by atoms with Crippen molar-refractivity contribution in [2.75, 3.05) is 26.1 Å². The molecule has 12 rings (SSSR count). The molecule has 23 heteroatoms. The lowest BCUT2D eigenvalue weighted by Crippen LogP contribution is -2.56. The number of ether oxygens (including phenoxy) is 5. The molecule has 8 bridgehead atoms. The van der Waals surface area contributed by atoms with E-state index in [9.17, 15) is 59.4 Å². The Morgan fingerprint density at radius 3 is 2.31 bits per heavy atom. The van der Waals surface area contributed by atoms with Crippen molar-refractivity contribution >= 4 is 58.1 Å². The molecular formula is C70H70N6O17. The van der Waals surface area contributed by atoms with E-state index in [4.69, 9.17) is 38.7 Å². The van der Waals surface area contributed by atoms with Crippen LogP contribution < -0.4 is 20.7 Å². The van der Waals surface area contributed by atoms with E-state index in [1.807, 2.05) is 45.9 Å². The molecule has 2 saturated heterocycles. The lowest BCUT2D eigenvalue weighted by Gasteiger charge is -2.42. The van der Waals surface area contributed by atoms with Crippen LogP contribution in [-0.2, 0) is 46.4 Å². The normalized spacial score (nSPS) is 25.9. The molecule has 9 atom stereocenters. The molecule has 2 amide bonds. The molecule has 0 saturated carbocycles. The van der Waals surface area contributed by atoms with Crippen molar-refractivity contribution < 1.29 is 83.1 Å². The Labute approximate surface area is 534 Å². The lowest BCUT2D eigenvalue weighted by molar-refractivity contribution is -0.249. The van der Waals surface area contributed by atoms with Gasteiger partial charge in [-0.2, -0.15) is 0 Å². The molecule has 23 nitrogen and oxygen atoms in total. The number of carbonyl (C=O) groups is 6. The average molecular weight is 1270 g/mol. The SMILES string of the molecule is C=CC1=C(C)C2=NC1=CC1=NC(=CC3=C(C)C4=C(O)[C@H](C(=O)OC)C(=C5NC(=C2)[C@@H](C)[C@@H]5CCC(=O)Nc2ccc(COC(=O)N[C@@H]5C[C@@H](O[C@H]6C[C@](O)(C(=O)CO)Cc7c(O)c8c(c(O)c76)C(=O)c6c(OC)cccc6C8=O)O[C@H](C)[C@@H]5O)cc2)C4=N3)C(CC)=C1C. The number of carbonyl (C=O) groups excluding carboxylic acids is 6. The molecule has 9 N–H and O–H groups in total. The highest BCUT2D eigenvalue weighted by atomic mass is 16.7. The summed E-state index contributed by atoms with van der Waals surface area (Å²) in [5.41, 5.74) is 7.39. The van der Waals surface area contributed by atoms with Crippen molar-refractivity contribution in [3.05, 3.63) is 186 Å². The smallest absolute Gasteiger partial charge is 0.407 e. The standard InChI is InChI=1S/C70H70N6O17/c1-10-36-29(3)41-21-43-31(5)38(60(74-43)56-59(68(86)90-9)65(83)53-32(6)44(75-61(53)56)23-46-37(11-2)30(4)42(73-46)22-45(36)72-41)19-20-51(79)71-35-17-15-34(16-18-35)28-91-69(87)76-47-24-52(92-33(7)62(47)80)93-49-26-70(88,50(78)27-77)25-40-55(49)67(85)58-57(64(40)82)63(81)39-13-12-14-48(89-8)54(39)66(58)84/h10,12-18,21-23,31,33,38,47,49,52,59,62,74,77,80,82-83,85,88H,1,11,19-20,24-28H2,2-9H3,(H,71,79)(H,76,87)/t31-,33+,38-,47+,49-,52+,59+,62-,70-/m0/s1. The summed E-state index contributed by atoms with van der Waals surface area (Å²) in [4.78, 5) is 97.8. The van der Waals surface area contributed by atoms with Gasteiger partial charge in [0.1, 0.15) is 53.8 Å². The first-order valence-corrected chi connectivity index (χ1v) is 30.7. The van der Waals surface area contributed by atoms with Crippen LogP contribution >= 0.6 is 0 Å².